The number of phenols is 1. The van der Waals surface area contributed by atoms with Crippen molar-refractivity contribution in [3.05, 3.63) is 58.1 Å². The van der Waals surface area contributed by atoms with Crippen molar-refractivity contribution in [1.29, 1.82) is 0 Å². The molecule has 23 heavy (non-hydrogen) atoms. The number of aryl methyl sites for hydroxylation is 2. The van der Waals surface area contributed by atoms with Gasteiger partial charge >= 0.3 is 5.97 Å². The van der Waals surface area contributed by atoms with Crippen LogP contribution in [0, 0.1) is 13.8 Å². The van der Waals surface area contributed by atoms with Gasteiger partial charge in [-0.25, -0.2) is 4.79 Å². The molecule has 5 nitrogen and oxygen atoms in total. The van der Waals surface area contributed by atoms with Gasteiger partial charge in [0.05, 0.1) is 0 Å². The molecule has 0 fully saturated rings. The van der Waals surface area contributed by atoms with Crippen LogP contribution in [0.5, 0.6) is 5.75 Å². The van der Waals surface area contributed by atoms with Crippen molar-refractivity contribution in [3.8, 4) is 5.75 Å². The predicted octanol–water partition coefficient (Wildman–Crippen LogP) is 3.46. The highest BCUT2D eigenvalue weighted by molar-refractivity contribution is 6.31. The minimum atomic E-state index is -0.819. The quantitative estimate of drug-likeness (QED) is 0.840. The van der Waals surface area contributed by atoms with Crippen LogP contribution in [0.1, 0.15) is 21.5 Å². The smallest absolute Gasteiger partial charge is 0.342 e. The molecule has 0 aliphatic rings. The minimum Gasteiger partial charge on any atom is -0.507 e. The van der Waals surface area contributed by atoms with Gasteiger partial charge in [-0.1, -0.05) is 17.7 Å². The first kappa shape index (κ1) is 16.8. The number of rotatable bonds is 4. The summed E-state index contributed by atoms with van der Waals surface area (Å²) >= 11 is 5.76. The van der Waals surface area contributed by atoms with Gasteiger partial charge in [-0.3, -0.25) is 4.79 Å². The Hall–Kier alpha value is -2.53. The van der Waals surface area contributed by atoms with E-state index in [0.717, 1.165) is 11.1 Å². The molecule has 0 spiro atoms. The van der Waals surface area contributed by atoms with Crippen LogP contribution in [-0.2, 0) is 9.53 Å². The number of anilines is 1. The van der Waals surface area contributed by atoms with Crippen LogP contribution in [0.2, 0.25) is 5.02 Å². The molecule has 6 heteroatoms. The van der Waals surface area contributed by atoms with E-state index < -0.39 is 18.5 Å². The summed E-state index contributed by atoms with van der Waals surface area (Å²) in [6.07, 6.45) is 0. The minimum absolute atomic E-state index is 0.0866. The highest BCUT2D eigenvalue weighted by atomic mass is 35.5. The van der Waals surface area contributed by atoms with Gasteiger partial charge in [0, 0.05) is 10.7 Å². The van der Waals surface area contributed by atoms with Gasteiger partial charge in [-0.15, -0.1) is 0 Å². The maximum Gasteiger partial charge on any atom is 0.342 e. The summed E-state index contributed by atoms with van der Waals surface area (Å²) in [5.41, 5.74) is 2.70. The van der Waals surface area contributed by atoms with E-state index in [-0.39, 0.29) is 16.3 Å². The predicted molar refractivity (Wildman–Crippen MR) is 87.9 cm³/mol. The van der Waals surface area contributed by atoms with Crippen LogP contribution < -0.4 is 5.32 Å². The van der Waals surface area contributed by atoms with E-state index in [9.17, 15) is 14.7 Å². The van der Waals surface area contributed by atoms with Crippen molar-refractivity contribution in [3.63, 3.8) is 0 Å². The van der Waals surface area contributed by atoms with E-state index >= 15 is 0 Å². The van der Waals surface area contributed by atoms with Gasteiger partial charge in [-0.05, 0) is 55.3 Å². The zero-order valence-corrected chi connectivity index (χ0v) is 13.5. The number of amides is 1. The number of esters is 1. The summed E-state index contributed by atoms with van der Waals surface area (Å²) in [6, 6.07) is 9.50. The summed E-state index contributed by atoms with van der Waals surface area (Å²) in [4.78, 5) is 23.7. The average Bonchev–Trinajstić information content (AvgIpc) is 2.51. The molecule has 120 valence electrons. The van der Waals surface area contributed by atoms with Gasteiger partial charge in [0.15, 0.2) is 6.61 Å². The second kappa shape index (κ2) is 7.15. The Kier molecular flexibility index (Phi) is 5.24. The van der Waals surface area contributed by atoms with Crippen molar-refractivity contribution >= 4 is 29.2 Å². The molecule has 0 saturated heterocycles. The van der Waals surface area contributed by atoms with Crippen molar-refractivity contribution in [2.75, 3.05) is 11.9 Å². The van der Waals surface area contributed by atoms with Gasteiger partial charge in [0.25, 0.3) is 5.91 Å². The van der Waals surface area contributed by atoms with Crippen molar-refractivity contribution < 1.29 is 19.4 Å². The van der Waals surface area contributed by atoms with E-state index in [1.54, 1.807) is 6.07 Å². The van der Waals surface area contributed by atoms with Crippen LogP contribution in [-0.4, -0.2) is 23.6 Å². The Labute approximate surface area is 138 Å². The zero-order chi connectivity index (χ0) is 17.0. The number of halogens is 1. The number of nitrogens with one attached hydrogen (secondary N) is 1. The molecule has 2 aromatic carbocycles. The molecule has 2 aromatic rings. The largest absolute Gasteiger partial charge is 0.507 e. The molecule has 0 atom stereocenters. The fourth-order valence-corrected chi connectivity index (χ4v) is 2.07. The lowest BCUT2D eigenvalue weighted by Gasteiger charge is -2.09. The molecule has 0 aliphatic carbocycles. The number of carbonyl (C=O) groups excluding carboxylic acids is 2. The normalized spacial score (nSPS) is 10.2. The number of hydrogen-bond donors (Lipinski definition) is 2. The highest BCUT2D eigenvalue weighted by Crippen LogP contribution is 2.22. The lowest BCUT2D eigenvalue weighted by Crippen LogP contribution is -2.21. The Morgan fingerprint density at radius 1 is 1.13 bits per heavy atom. The molecule has 0 bridgehead atoms. The third kappa shape index (κ3) is 4.47. The third-order valence-corrected chi connectivity index (χ3v) is 3.54. The van der Waals surface area contributed by atoms with Crippen LogP contribution in [0.3, 0.4) is 0 Å². The summed E-state index contributed by atoms with van der Waals surface area (Å²) in [5, 5.41) is 12.5. The van der Waals surface area contributed by atoms with E-state index in [2.05, 4.69) is 5.32 Å². The van der Waals surface area contributed by atoms with E-state index in [0.29, 0.717) is 5.69 Å². The maximum absolute atomic E-state index is 11.9. The van der Waals surface area contributed by atoms with Gasteiger partial charge in [-0.2, -0.15) is 0 Å². The molecular formula is C17H16ClNO4. The number of ether oxygens (including phenoxy) is 1. The fourth-order valence-electron chi connectivity index (χ4n) is 1.90. The summed E-state index contributed by atoms with van der Waals surface area (Å²) in [7, 11) is 0. The number of carbonyl (C=O) groups is 2. The molecule has 0 aliphatic heterocycles. The highest BCUT2D eigenvalue weighted by Gasteiger charge is 2.15. The van der Waals surface area contributed by atoms with Crippen molar-refractivity contribution in [2.45, 2.75) is 13.8 Å². The molecule has 1 amide bonds. The Balaban J connectivity index is 1.94. The number of benzene rings is 2. The number of aromatic hydroxyl groups is 1. The standard InChI is InChI=1S/C17H16ClNO4/c1-10-3-5-13(7-11(10)2)19-16(21)9-23-17(22)14-8-12(18)4-6-15(14)20/h3-8,20H,9H2,1-2H3,(H,19,21). The molecule has 2 rings (SSSR count). The second-order valence-corrected chi connectivity index (χ2v) is 5.52. The van der Waals surface area contributed by atoms with Gasteiger partial charge in [0.2, 0.25) is 0 Å². The van der Waals surface area contributed by atoms with Crippen LogP contribution in [0.4, 0.5) is 5.69 Å². The first-order valence-electron chi connectivity index (χ1n) is 6.89. The lowest BCUT2D eigenvalue weighted by molar-refractivity contribution is -0.119. The number of phenolic OH excluding ortho intramolecular Hbond substituents is 1. The zero-order valence-electron chi connectivity index (χ0n) is 12.7. The maximum atomic E-state index is 11.9. The third-order valence-electron chi connectivity index (χ3n) is 3.30. The SMILES string of the molecule is Cc1ccc(NC(=O)COC(=O)c2cc(Cl)ccc2O)cc1C. The molecule has 0 radical (unpaired) electrons. The molecule has 0 aromatic heterocycles. The summed E-state index contributed by atoms with van der Waals surface area (Å²) in [5.74, 6) is -1.54. The first-order valence-corrected chi connectivity index (χ1v) is 7.27. The van der Waals surface area contributed by atoms with Crippen LogP contribution in [0.25, 0.3) is 0 Å². The molecule has 0 saturated carbocycles. The van der Waals surface area contributed by atoms with Crippen molar-refractivity contribution in [1.82, 2.24) is 0 Å². The summed E-state index contributed by atoms with van der Waals surface area (Å²) in [6.45, 7) is 3.45. The second-order valence-electron chi connectivity index (χ2n) is 5.08. The van der Waals surface area contributed by atoms with Crippen LogP contribution in [0.15, 0.2) is 36.4 Å². The molecule has 0 heterocycles. The average molecular weight is 334 g/mol. The monoisotopic (exact) mass is 333 g/mol. The van der Waals surface area contributed by atoms with Crippen LogP contribution >= 0.6 is 11.6 Å². The lowest BCUT2D eigenvalue weighted by atomic mass is 10.1. The summed E-state index contributed by atoms with van der Waals surface area (Å²) < 4.78 is 4.88. The Morgan fingerprint density at radius 2 is 1.87 bits per heavy atom. The van der Waals surface area contributed by atoms with Crippen molar-refractivity contribution in [2.24, 2.45) is 0 Å². The van der Waals surface area contributed by atoms with Gasteiger partial charge in [0.1, 0.15) is 11.3 Å². The Bertz CT molecular complexity index is 758. The molecule has 0 unspecified atom stereocenters. The van der Waals surface area contributed by atoms with E-state index in [4.69, 9.17) is 16.3 Å². The molecule has 2 N–H and O–H groups in total. The van der Waals surface area contributed by atoms with E-state index in [1.807, 2.05) is 26.0 Å². The Morgan fingerprint density at radius 3 is 2.57 bits per heavy atom. The topological polar surface area (TPSA) is 75.6 Å². The fraction of sp³-hybridized carbons (Fsp3) is 0.176. The molecular weight excluding hydrogens is 318 g/mol. The van der Waals surface area contributed by atoms with E-state index in [1.165, 1.54) is 18.2 Å². The van der Waals surface area contributed by atoms with Gasteiger partial charge < -0.3 is 15.2 Å². The number of hydrogen-bond acceptors (Lipinski definition) is 4. The first-order chi connectivity index (χ1) is 10.9.